The zero-order chi connectivity index (χ0) is 24.9. The van der Waals surface area contributed by atoms with Crippen LogP contribution in [0.3, 0.4) is 0 Å². The summed E-state index contributed by atoms with van der Waals surface area (Å²) in [5.74, 6) is -0.309. The standard InChI is InChI=1S/C27H26N4O4/c1-3-30(4-2)20-9-5-18(6-10-20)17-24-25(32)29-27(34)31(26(24)33)21-11-15-23(16-12-21)35-22-13-7-19(28)8-14-22/h5-17H,3-4,28H2,1-2H3,(H,29,32,34)/b24-17-. The molecule has 4 rings (SSSR count). The van der Waals surface area contributed by atoms with Gasteiger partial charge in [0.2, 0.25) is 0 Å². The number of urea groups is 1. The van der Waals surface area contributed by atoms with Gasteiger partial charge in [0.1, 0.15) is 17.1 Å². The highest BCUT2D eigenvalue weighted by molar-refractivity contribution is 6.39. The summed E-state index contributed by atoms with van der Waals surface area (Å²) < 4.78 is 5.76. The number of nitrogens with one attached hydrogen (secondary N) is 1. The number of nitrogens with zero attached hydrogens (tertiary/aromatic N) is 2. The van der Waals surface area contributed by atoms with Gasteiger partial charge in [0, 0.05) is 24.5 Å². The zero-order valence-electron chi connectivity index (χ0n) is 19.5. The zero-order valence-corrected chi connectivity index (χ0v) is 19.5. The lowest BCUT2D eigenvalue weighted by molar-refractivity contribution is -0.122. The summed E-state index contributed by atoms with van der Waals surface area (Å²) in [6, 6.07) is 20.1. The molecule has 0 unspecified atom stereocenters. The van der Waals surface area contributed by atoms with Crippen LogP contribution in [-0.2, 0) is 9.59 Å². The highest BCUT2D eigenvalue weighted by Crippen LogP contribution is 2.27. The van der Waals surface area contributed by atoms with Gasteiger partial charge in [-0.25, -0.2) is 9.69 Å². The molecule has 1 aliphatic heterocycles. The predicted octanol–water partition coefficient (Wildman–Crippen LogP) is 4.57. The maximum Gasteiger partial charge on any atom is 0.335 e. The minimum atomic E-state index is -0.804. The van der Waals surface area contributed by atoms with Crippen LogP contribution in [0.4, 0.5) is 21.9 Å². The Labute approximate surface area is 203 Å². The number of imide groups is 2. The summed E-state index contributed by atoms with van der Waals surface area (Å²) in [6.07, 6.45) is 1.49. The fraction of sp³-hybridized carbons (Fsp3) is 0.148. The first kappa shape index (κ1) is 23.6. The van der Waals surface area contributed by atoms with Crippen LogP contribution in [0.25, 0.3) is 6.08 Å². The third-order valence-corrected chi connectivity index (χ3v) is 5.65. The SMILES string of the molecule is CCN(CC)c1ccc(/C=C2/C(=O)NC(=O)N(c3ccc(Oc4ccc(N)cc4)cc3)C2=O)cc1. The van der Waals surface area contributed by atoms with Gasteiger partial charge in [0.05, 0.1) is 5.69 Å². The van der Waals surface area contributed by atoms with Crippen molar-refractivity contribution in [2.24, 2.45) is 0 Å². The minimum absolute atomic E-state index is 0.123. The van der Waals surface area contributed by atoms with Crippen molar-refractivity contribution in [1.29, 1.82) is 0 Å². The number of anilines is 3. The van der Waals surface area contributed by atoms with E-state index in [4.69, 9.17) is 10.5 Å². The highest BCUT2D eigenvalue weighted by Gasteiger charge is 2.36. The topological polar surface area (TPSA) is 105 Å². The van der Waals surface area contributed by atoms with Crippen molar-refractivity contribution in [3.05, 3.63) is 83.9 Å². The second-order valence-corrected chi connectivity index (χ2v) is 7.89. The van der Waals surface area contributed by atoms with E-state index in [1.807, 2.05) is 24.3 Å². The molecule has 0 spiro atoms. The van der Waals surface area contributed by atoms with Crippen molar-refractivity contribution in [2.75, 3.05) is 28.6 Å². The van der Waals surface area contributed by atoms with Crippen LogP contribution in [0.2, 0.25) is 0 Å². The van der Waals surface area contributed by atoms with Gasteiger partial charge in [0.15, 0.2) is 0 Å². The van der Waals surface area contributed by atoms with Gasteiger partial charge in [0.25, 0.3) is 11.8 Å². The van der Waals surface area contributed by atoms with Crippen LogP contribution >= 0.6 is 0 Å². The fourth-order valence-electron chi connectivity index (χ4n) is 3.76. The molecule has 1 saturated heterocycles. The molecule has 1 fully saturated rings. The second-order valence-electron chi connectivity index (χ2n) is 7.89. The highest BCUT2D eigenvalue weighted by atomic mass is 16.5. The number of carbonyl (C=O) groups excluding carboxylic acids is 3. The molecule has 0 saturated carbocycles. The number of hydrogen-bond donors (Lipinski definition) is 2. The Bertz CT molecular complexity index is 1260. The molecular formula is C27H26N4O4. The molecule has 1 aliphatic rings. The Balaban J connectivity index is 1.55. The molecule has 1 heterocycles. The molecule has 0 aliphatic carbocycles. The summed E-state index contributed by atoms with van der Waals surface area (Å²) in [7, 11) is 0. The number of carbonyl (C=O) groups is 3. The predicted molar refractivity (Wildman–Crippen MR) is 136 cm³/mol. The molecule has 0 aromatic heterocycles. The van der Waals surface area contributed by atoms with E-state index in [1.165, 1.54) is 6.08 Å². The molecule has 4 amide bonds. The fourth-order valence-corrected chi connectivity index (χ4v) is 3.76. The van der Waals surface area contributed by atoms with Crippen molar-refractivity contribution in [3.63, 3.8) is 0 Å². The first-order valence-corrected chi connectivity index (χ1v) is 11.3. The van der Waals surface area contributed by atoms with Crippen molar-refractivity contribution >= 4 is 41.0 Å². The molecule has 8 heteroatoms. The summed E-state index contributed by atoms with van der Waals surface area (Å²) in [5, 5.41) is 2.24. The lowest BCUT2D eigenvalue weighted by atomic mass is 10.1. The molecule has 178 valence electrons. The van der Waals surface area contributed by atoms with Crippen molar-refractivity contribution in [3.8, 4) is 11.5 Å². The van der Waals surface area contributed by atoms with Gasteiger partial charge in [-0.05, 0) is 86.2 Å². The number of hydrogen-bond acceptors (Lipinski definition) is 6. The van der Waals surface area contributed by atoms with Gasteiger partial charge >= 0.3 is 6.03 Å². The third-order valence-electron chi connectivity index (χ3n) is 5.65. The molecule has 8 nitrogen and oxygen atoms in total. The van der Waals surface area contributed by atoms with E-state index in [2.05, 4.69) is 24.1 Å². The number of ether oxygens (including phenoxy) is 1. The molecule has 35 heavy (non-hydrogen) atoms. The quantitative estimate of drug-likeness (QED) is 0.298. The van der Waals surface area contributed by atoms with Crippen LogP contribution in [-0.4, -0.2) is 30.9 Å². The average molecular weight is 471 g/mol. The number of rotatable bonds is 7. The van der Waals surface area contributed by atoms with Crippen molar-refractivity contribution in [2.45, 2.75) is 13.8 Å². The number of nitrogens with two attached hydrogens (primary N) is 1. The van der Waals surface area contributed by atoms with Crippen LogP contribution < -0.4 is 25.6 Å². The second kappa shape index (κ2) is 10.1. The lowest BCUT2D eigenvalue weighted by Crippen LogP contribution is -2.54. The number of benzene rings is 3. The Morgan fingerprint density at radius 2 is 1.43 bits per heavy atom. The summed E-state index contributed by atoms with van der Waals surface area (Å²) in [6.45, 7) is 5.90. The van der Waals surface area contributed by atoms with Gasteiger partial charge in [-0.1, -0.05) is 12.1 Å². The van der Waals surface area contributed by atoms with E-state index in [1.54, 1.807) is 48.5 Å². The first-order valence-electron chi connectivity index (χ1n) is 11.3. The van der Waals surface area contributed by atoms with Gasteiger partial charge in [-0.15, -0.1) is 0 Å². The number of barbiturate groups is 1. The van der Waals surface area contributed by atoms with Crippen LogP contribution in [0.5, 0.6) is 11.5 Å². The molecule has 0 bridgehead atoms. The summed E-state index contributed by atoms with van der Waals surface area (Å²) >= 11 is 0. The largest absolute Gasteiger partial charge is 0.457 e. The first-order chi connectivity index (χ1) is 16.9. The van der Waals surface area contributed by atoms with E-state index in [-0.39, 0.29) is 5.57 Å². The number of nitrogen functional groups attached to an aromatic ring is 1. The van der Waals surface area contributed by atoms with E-state index >= 15 is 0 Å². The van der Waals surface area contributed by atoms with Gasteiger partial charge in [-0.3, -0.25) is 14.9 Å². The number of amides is 4. The van der Waals surface area contributed by atoms with Gasteiger partial charge in [-0.2, -0.15) is 0 Å². The average Bonchev–Trinajstić information content (AvgIpc) is 2.86. The Hall–Kier alpha value is -4.59. The van der Waals surface area contributed by atoms with Crippen LogP contribution in [0, 0.1) is 0 Å². The van der Waals surface area contributed by atoms with Crippen LogP contribution in [0.15, 0.2) is 78.4 Å². The summed E-state index contributed by atoms with van der Waals surface area (Å²) in [5.41, 5.74) is 8.23. The van der Waals surface area contributed by atoms with Crippen LogP contribution in [0.1, 0.15) is 19.4 Å². The maximum absolute atomic E-state index is 13.2. The molecule has 3 aromatic rings. The smallest absolute Gasteiger partial charge is 0.335 e. The Morgan fingerprint density at radius 1 is 0.857 bits per heavy atom. The van der Waals surface area contributed by atoms with E-state index in [9.17, 15) is 14.4 Å². The van der Waals surface area contributed by atoms with E-state index in [0.29, 0.717) is 28.4 Å². The summed E-state index contributed by atoms with van der Waals surface area (Å²) in [4.78, 5) is 41.2. The normalized spacial score (nSPS) is 14.7. The lowest BCUT2D eigenvalue weighted by Gasteiger charge is -2.26. The molecule has 3 N–H and O–H groups in total. The maximum atomic E-state index is 13.2. The Kier molecular flexibility index (Phi) is 6.82. The van der Waals surface area contributed by atoms with E-state index in [0.717, 1.165) is 23.7 Å². The molecule has 3 aromatic carbocycles. The van der Waals surface area contributed by atoms with Crippen molar-refractivity contribution in [1.82, 2.24) is 5.32 Å². The van der Waals surface area contributed by atoms with E-state index < -0.39 is 17.8 Å². The minimum Gasteiger partial charge on any atom is -0.457 e. The van der Waals surface area contributed by atoms with Crippen molar-refractivity contribution < 1.29 is 19.1 Å². The van der Waals surface area contributed by atoms with Gasteiger partial charge < -0.3 is 15.4 Å². The third kappa shape index (κ3) is 5.16. The molecular weight excluding hydrogens is 444 g/mol. The molecule has 0 radical (unpaired) electrons. The Morgan fingerprint density at radius 3 is 2.00 bits per heavy atom. The monoisotopic (exact) mass is 470 g/mol. The molecule has 0 atom stereocenters.